The lowest BCUT2D eigenvalue weighted by Crippen LogP contribution is -2.17. The number of benzene rings is 2. The van der Waals surface area contributed by atoms with Crippen molar-refractivity contribution in [2.75, 3.05) is 6.54 Å². The van der Waals surface area contributed by atoms with Crippen molar-refractivity contribution in [1.29, 1.82) is 0 Å². The van der Waals surface area contributed by atoms with Crippen molar-refractivity contribution in [2.45, 2.75) is 26.3 Å². The summed E-state index contributed by atoms with van der Waals surface area (Å²) in [6, 6.07) is 19.3. The van der Waals surface area contributed by atoms with Crippen LogP contribution in [0.25, 0.3) is 0 Å². The Morgan fingerprint density at radius 3 is 2.22 bits per heavy atom. The van der Waals surface area contributed by atoms with Gasteiger partial charge >= 0.3 is 0 Å². The molecule has 0 saturated carbocycles. The van der Waals surface area contributed by atoms with E-state index in [1.54, 1.807) is 0 Å². The molecule has 2 aromatic rings. The van der Waals surface area contributed by atoms with E-state index in [0.29, 0.717) is 0 Å². The van der Waals surface area contributed by atoms with Gasteiger partial charge in [-0.15, -0.1) is 0 Å². The van der Waals surface area contributed by atoms with Crippen LogP contribution in [0.3, 0.4) is 0 Å². The number of nitrogens with one attached hydrogen (secondary N) is 1. The maximum Gasteiger partial charge on any atom is 0.0208 e. The van der Waals surface area contributed by atoms with Crippen molar-refractivity contribution < 1.29 is 0 Å². The van der Waals surface area contributed by atoms with Gasteiger partial charge in [0.15, 0.2) is 0 Å². The van der Waals surface area contributed by atoms with Gasteiger partial charge in [-0.05, 0) is 36.1 Å². The summed E-state index contributed by atoms with van der Waals surface area (Å²) in [7, 11) is 0. The second-order valence-corrected chi connectivity index (χ2v) is 4.53. The molecular weight excluding hydrogens is 218 g/mol. The fourth-order valence-corrected chi connectivity index (χ4v) is 2.18. The molecule has 1 heteroatoms. The summed E-state index contributed by atoms with van der Waals surface area (Å²) < 4.78 is 0. The van der Waals surface area contributed by atoms with E-state index in [2.05, 4.69) is 66.8 Å². The van der Waals surface area contributed by atoms with E-state index in [4.69, 9.17) is 0 Å². The Kier molecular flexibility index (Phi) is 4.98. The van der Waals surface area contributed by atoms with Crippen LogP contribution in [0.4, 0.5) is 0 Å². The van der Waals surface area contributed by atoms with E-state index < -0.39 is 0 Å². The predicted octanol–water partition coefficient (Wildman–Crippen LogP) is 3.58. The molecule has 0 atom stereocenters. The standard InChI is InChI=1S/C17H21N/c1-2-16-10-6-7-11-17(16)14-18-13-12-15-8-4-3-5-9-15/h3-11,18H,2,12-14H2,1H3. The fraction of sp³-hybridized carbons (Fsp3) is 0.294. The van der Waals surface area contributed by atoms with Gasteiger partial charge in [-0.3, -0.25) is 0 Å². The first-order valence-electron chi connectivity index (χ1n) is 6.71. The van der Waals surface area contributed by atoms with E-state index in [1.807, 2.05) is 0 Å². The van der Waals surface area contributed by atoms with E-state index in [1.165, 1.54) is 16.7 Å². The molecule has 0 aliphatic heterocycles. The van der Waals surface area contributed by atoms with Gasteiger partial charge in [0.1, 0.15) is 0 Å². The minimum Gasteiger partial charge on any atom is -0.312 e. The van der Waals surface area contributed by atoms with Gasteiger partial charge in [-0.25, -0.2) is 0 Å². The molecular formula is C17H21N. The highest BCUT2D eigenvalue weighted by atomic mass is 14.8. The zero-order valence-electron chi connectivity index (χ0n) is 11.0. The first-order chi connectivity index (χ1) is 8.90. The van der Waals surface area contributed by atoms with Crippen LogP contribution in [0.1, 0.15) is 23.6 Å². The van der Waals surface area contributed by atoms with Crippen LogP contribution >= 0.6 is 0 Å². The molecule has 2 aromatic carbocycles. The Bertz CT molecular complexity index is 462. The van der Waals surface area contributed by atoms with Crippen LogP contribution < -0.4 is 5.32 Å². The fourth-order valence-electron chi connectivity index (χ4n) is 2.18. The van der Waals surface area contributed by atoms with Crippen molar-refractivity contribution in [3.63, 3.8) is 0 Å². The van der Waals surface area contributed by atoms with E-state index in [9.17, 15) is 0 Å². The zero-order valence-corrected chi connectivity index (χ0v) is 11.0. The van der Waals surface area contributed by atoms with Crippen LogP contribution in [-0.2, 0) is 19.4 Å². The Morgan fingerprint density at radius 1 is 0.833 bits per heavy atom. The van der Waals surface area contributed by atoms with Gasteiger partial charge in [-0.2, -0.15) is 0 Å². The normalized spacial score (nSPS) is 10.5. The molecule has 0 unspecified atom stereocenters. The topological polar surface area (TPSA) is 12.0 Å². The monoisotopic (exact) mass is 239 g/mol. The minimum atomic E-state index is 0.969. The maximum atomic E-state index is 3.52. The van der Waals surface area contributed by atoms with Gasteiger partial charge in [0.05, 0.1) is 0 Å². The lowest BCUT2D eigenvalue weighted by molar-refractivity contribution is 0.682. The molecule has 0 fully saturated rings. The molecule has 94 valence electrons. The SMILES string of the molecule is CCc1ccccc1CNCCc1ccccc1. The van der Waals surface area contributed by atoms with E-state index >= 15 is 0 Å². The molecule has 1 N–H and O–H groups in total. The van der Waals surface area contributed by atoms with Gasteiger partial charge in [0, 0.05) is 6.54 Å². The van der Waals surface area contributed by atoms with Crippen molar-refractivity contribution in [2.24, 2.45) is 0 Å². The minimum absolute atomic E-state index is 0.969. The number of hydrogen-bond acceptors (Lipinski definition) is 1. The predicted molar refractivity (Wildman–Crippen MR) is 77.7 cm³/mol. The third-order valence-electron chi connectivity index (χ3n) is 3.25. The highest BCUT2D eigenvalue weighted by molar-refractivity contribution is 5.26. The van der Waals surface area contributed by atoms with Crippen LogP contribution in [-0.4, -0.2) is 6.54 Å². The quantitative estimate of drug-likeness (QED) is 0.760. The lowest BCUT2D eigenvalue weighted by Gasteiger charge is -2.09. The summed E-state index contributed by atoms with van der Waals surface area (Å²) in [5.41, 5.74) is 4.27. The number of hydrogen-bond donors (Lipinski definition) is 1. The van der Waals surface area contributed by atoms with Crippen LogP contribution in [0.5, 0.6) is 0 Å². The molecule has 1 nitrogen and oxygen atoms in total. The summed E-state index contributed by atoms with van der Waals surface area (Å²) in [6.07, 6.45) is 2.20. The molecule has 0 spiro atoms. The average Bonchev–Trinajstić information content (AvgIpc) is 2.45. The lowest BCUT2D eigenvalue weighted by atomic mass is 10.1. The van der Waals surface area contributed by atoms with Crippen molar-refractivity contribution in [3.8, 4) is 0 Å². The highest BCUT2D eigenvalue weighted by Crippen LogP contribution is 2.08. The molecule has 0 aliphatic rings. The summed E-state index contributed by atoms with van der Waals surface area (Å²) in [6.45, 7) is 4.21. The Hall–Kier alpha value is -1.60. The van der Waals surface area contributed by atoms with E-state index in [-0.39, 0.29) is 0 Å². The summed E-state index contributed by atoms with van der Waals surface area (Å²) in [4.78, 5) is 0. The Morgan fingerprint density at radius 2 is 1.50 bits per heavy atom. The Balaban J connectivity index is 1.78. The molecule has 0 saturated heterocycles. The molecule has 0 heterocycles. The smallest absolute Gasteiger partial charge is 0.0208 e. The first kappa shape index (κ1) is 12.8. The third kappa shape index (κ3) is 3.71. The third-order valence-corrected chi connectivity index (χ3v) is 3.25. The van der Waals surface area contributed by atoms with Crippen molar-refractivity contribution in [1.82, 2.24) is 5.32 Å². The van der Waals surface area contributed by atoms with Crippen LogP contribution in [0, 0.1) is 0 Å². The van der Waals surface area contributed by atoms with Gasteiger partial charge in [0.25, 0.3) is 0 Å². The van der Waals surface area contributed by atoms with Crippen molar-refractivity contribution in [3.05, 3.63) is 71.3 Å². The van der Waals surface area contributed by atoms with E-state index in [0.717, 1.165) is 25.9 Å². The molecule has 18 heavy (non-hydrogen) atoms. The molecule has 0 amide bonds. The molecule has 0 aliphatic carbocycles. The number of aryl methyl sites for hydroxylation is 1. The average molecular weight is 239 g/mol. The molecule has 0 aromatic heterocycles. The van der Waals surface area contributed by atoms with Gasteiger partial charge < -0.3 is 5.32 Å². The van der Waals surface area contributed by atoms with Crippen LogP contribution in [0.15, 0.2) is 54.6 Å². The number of rotatable bonds is 6. The van der Waals surface area contributed by atoms with Crippen molar-refractivity contribution >= 4 is 0 Å². The summed E-state index contributed by atoms with van der Waals surface area (Å²) >= 11 is 0. The second-order valence-electron chi connectivity index (χ2n) is 4.53. The largest absolute Gasteiger partial charge is 0.312 e. The summed E-state index contributed by atoms with van der Waals surface area (Å²) in [5.74, 6) is 0. The summed E-state index contributed by atoms with van der Waals surface area (Å²) in [5, 5.41) is 3.52. The Labute approximate surface area is 110 Å². The highest BCUT2D eigenvalue weighted by Gasteiger charge is 1.98. The second kappa shape index (κ2) is 6.97. The van der Waals surface area contributed by atoms with Gasteiger partial charge in [0.2, 0.25) is 0 Å². The molecule has 0 radical (unpaired) electrons. The molecule has 0 bridgehead atoms. The van der Waals surface area contributed by atoms with Crippen LogP contribution in [0.2, 0.25) is 0 Å². The molecule has 2 rings (SSSR count). The first-order valence-corrected chi connectivity index (χ1v) is 6.71. The maximum absolute atomic E-state index is 3.52. The van der Waals surface area contributed by atoms with Gasteiger partial charge in [-0.1, -0.05) is 61.5 Å². The zero-order chi connectivity index (χ0) is 12.6.